The van der Waals surface area contributed by atoms with Crippen LogP contribution >= 0.6 is 0 Å². The molecule has 0 aromatic carbocycles. The van der Waals surface area contributed by atoms with Crippen LogP contribution in [-0.2, 0) is 14.4 Å². The number of carbonyl (C=O) groups is 3. The molecule has 1 saturated heterocycles. The summed E-state index contributed by atoms with van der Waals surface area (Å²) < 4.78 is 0. The molecule has 1 saturated carbocycles. The van der Waals surface area contributed by atoms with E-state index in [2.05, 4.69) is 0 Å². The van der Waals surface area contributed by atoms with Crippen molar-refractivity contribution in [1.29, 1.82) is 0 Å². The summed E-state index contributed by atoms with van der Waals surface area (Å²) in [7, 11) is 1.87. The molecule has 3 amide bonds. The fraction of sp³-hybridized carbons (Fsp3) is 0.773. The Kier molecular flexibility index (Phi) is 6.38. The van der Waals surface area contributed by atoms with E-state index in [1.54, 1.807) is 0 Å². The van der Waals surface area contributed by atoms with Crippen molar-refractivity contribution in [3.8, 4) is 0 Å². The smallest absolute Gasteiger partial charge is 0.245 e. The molecule has 5 nitrogen and oxygen atoms in total. The van der Waals surface area contributed by atoms with Crippen LogP contribution < -0.4 is 0 Å². The van der Waals surface area contributed by atoms with Gasteiger partial charge in [0.25, 0.3) is 0 Å². The van der Waals surface area contributed by atoms with Crippen molar-refractivity contribution in [1.82, 2.24) is 9.80 Å². The lowest BCUT2D eigenvalue weighted by atomic mass is 9.85. The first kappa shape index (κ1) is 20.1. The Labute approximate surface area is 163 Å². The highest BCUT2D eigenvalue weighted by Gasteiger charge is 2.51. The van der Waals surface area contributed by atoms with Gasteiger partial charge in [-0.2, -0.15) is 0 Å². The second-order valence-corrected chi connectivity index (χ2v) is 8.94. The Bertz CT molecular complexity index is 579. The van der Waals surface area contributed by atoms with E-state index < -0.39 is 6.04 Å². The fourth-order valence-corrected chi connectivity index (χ4v) is 4.96. The number of likely N-dealkylation sites (N-methyl/N-ethyl adjacent to an activating group) is 1. The summed E-state index contributed by atoms with van der Waals surface area (Å²) in [6.45, 7) is 4.09. The van der Waals surface area contributed by atoms with E-state index in [-0.39, 0.29) is 41.5 Å². The molecule has 0 N–H and O–H groups in total. The highest BCUT2D eigenvalue weighted by atomic mass is 16.2. The van der Waals surface area contributed by atoms with Gasteiger partial charge in [-0.25, -0.2) is 0 Å². The van der Waals surface area contributed by atoms with Crippen molar-refractivity contribution in [2.75, 3.05) is 7.05 Å². The summed E-state index contributed by atoms with van der Waals surface area (Å²) in [5.41, 5.74) is 0. The zero-order valence-corrected chi connectivity index (χ0v) is 17.0. The predicted octanol–water partition coefficient (Wildman–Crippen LogP) is 3.53. The Morgan fingerprint density at radius 3 is 2.04 bits per heavy atom. The monoisotopic (exact) mass is 374 g/mol. The van der Waals surface area contributed by atoms with Crippen molar-refractivity contribution in [2.45, 2.75) is 83.7 Å². The van der Waals surface area contributed by atoms with Gasteiger partial charge in [0, 0.05) is 13.1 Å². The third kappa shape index (κ3) is 4.12. The standard InChI is InChI=1S/C22H34N2O3/c1-15(2)14-19(22(27)23(3)16-10-6-4-5-7-11-16)24-20(25)17-12-8-9-13-18(17)21(24)26/h8-9,15-19H,4-7,10-14H2,1-3H3. The van der Waals surface area contributed by atoms with Gasteiger partial charge in [0.2, 0.25) is 17.7 Å². The van der Waals surface area contributed by atoms with Crippen LogP contribution in [0.5, 0.6) is 0 Å². The highest BCUT2D eigenvalue weighted by molar-refractivity contribution is 6.08. The maximum atomic E-state index is 13.4. The van der Waals surface area contributed by atoms with Crippen LogP contribution in [0.4, 0.5) is 0 Å². The molecule has 3 aliphatic rings. The highest BCUT2D eigenvalue weighted by Crippen LogP contribution is 2.37. The van der Waals surface area contributed by atoms with Crippen LogP contribution in [0, 0.1) is 17.8 Å². The molecule has 5 heteroatoms. The molecule has 0 spiro atoms. The fourth-order valence-electron chi connectivity index (χ4n) is 4.96. The minimum absolute atomic E-state index is 0.0519. The van der Waals surface area contributed by atoms with Crippen molar-refractivity contribution < 1.29 is 14.4 Å². The number of amides is 3. The second kappa shape index (κ2) is 8.57. The molecule has 0 aromatic heterocycles. The predicted molar refractivity (Wildman–Crippen MR) is 105 cm³/mol. The summed E-state index contributed by atoms with van der Waals surface area (Å²) in [5.74, 6) is -0.627. The van der Waals surface area contributed by atoms with Crippen molar-refractivity contribution in [3.05, 3.63) is 12.2 Å². The number of hydrogen-bond donors (Lipinski definition) is 0. The van der Waals surface area contributed by atoms with E-state index in [1.807, 2.05) is 37.9 Å². The van der Waals surface area contributed by atoms with Crippen LogP contribution in [0.1, 0.15) is 71.6 Å². The van der Waals surface area contributed by atoms with Crippen LogP contribution in [-0.4, -0.2) is 46.7 Å². The zero-order valence-electron chi connectivity index (χ0n) is 17.0. The molecule has 0 aromatic rings. The minimum Gasteiger partial charge on any atom is -0.341 e. The lowest BCUT2D eigenvalue weighted by Gasteiger charge is -2.34. The van der Waals surface area contributed by atoms with Gasteiger partial charge in [-0.05, 0) is 38.0 Å². The van der Waals surface area contributed by atoms with Crippen molar-refractivity contribution in [2.24, 2.45) is 17.8 Å². The normalized spacial score (nSPS) is 27.6. The van der Waals surface area contributed by atoms with Crippen molar-refractivity contribution in [3.63, 3.8) is 0 Å². The largest absolute Gasteiger partial charge is 0.341 e. The lowest BCUT2D eigenvalue weighted by Crippen LogP contribution is -2.53. The number of imide groups is 1. The molecule has 3 rings (SSSR count). The molecule has 0 radical (unpaired) electrons. The van der Waals surface area contributed by atoms with E-state index in [4.69, 9.17) is 0 Å². The average molecular weight is 375 g/mol. The summed E-state index contributed by atoms with van der Waals surface area (Å²) in [5, 5.41) is 0. The third-order valence-electron chi connectivity index (χ3n) is 6.55. The van der Waals surface area contributed by atoms with Gasteiger partial charge < -0.3 is 4.90 Å². The first-order valence-electron chi connectivity index (χ1n) is 10.7. The minimum atomic E-state index is -0.649. The van der Waals surface area contributed by atoms with Gasteiger partial charge in [0.15, 0.2) is 0 Å². The first-order chi connectivity index (χ1) is 12.9. The molecule has 1 heterocycles. The van der Waals surface area contributed by atoms with E-state index in [0.29, 0.717) is 19.3 Å². The van der Waals surface area contributed by atoms with E-state index in [0.717, 1.165) is 25.7 Å². The number of likely N-dealkylation sites (tertiary alicyclic amines) is 1. The summed E-state index contributed by atoms with van der Waals surface area (Å²) in [6, 6.07) is -0.421. The second-order valence-electron chi connectivity index (χ2n) is 8.94. The molecule has 27 heavy (non-hydrogen) atoms. The molecular weight excluding hydrogens is 340 g/mol. The van der Waals surface area contributed by atoms with Gasteiger partial charge in [-0.3, -0.25) is 19.3 Å². The SMILES string of the molecule is CC(C)CC(C(=O)N(C)C1CCCCCC1)N1C(=O)C2CC=CCC2C1=O. The van der Waals surface area contributed by atoms with Crippen LogP contribution in [0.15, 0.2) is 12.2 Å². The van der Waals surface area contributed by atoms with Gasteiger partial charge in [-0.15, -0.1) is 0 Å². The first-order valence-corrected chi connectivity index (χ1v) is 10.7. The van der Waals surface area contributed by atoms with Crippen LogP contribution in [0.25, 0.3) is 0 Å². The molecule has 150 valence electrons. The molecule has 3 atom stereocenters. The van der Waals surface area contributed by atoms with Crippen LogP contribution in [0.2, 0.25) is 0 Å². The maximum absolute atomic E-state index is 13.4. The summed E-state index contributed by atoms with van der Waals surface area (Å²) in [6.07, 6.45) is 12.6. The Morgan fingerprint density at radius 1 is 1.04 bits per heavy atom. The topological polar surface area (TPSA) is 57.7 Å². The summed E-state index contributed by atoms with van der Waals surface area (Å²) >= 11 is 0. The number of rotatable bonds is 5. The molecule has 1 aliphatic heterocycles. The average Bonchev–Trinajstić information content (AvgIpc) is 2.85. The van der Waals surface area contributed by atoms with Gasteiger partial charge in [0.1, 0.15) is 6.04 Å². The Hall–Kier alpha value is -1.65. The number of carbonyl (C=O) groups excluding carboxylic acids is 3. The molecular formula is C22H34N2O3. The lowest BCUT2D eigenvalue weighted by molar-refractivity contribution is -0.152. The number of allylic oxidation sites excluding steroid dienone is 2. The van der Waals surface area contributed by atoms with Crippen LogP contribution in [0.3, 0.4) is 0 Å². The zero-order chi connectivity index (χ0) is 19.6. The quantitative estimate of drug-likeness (QED) is 0.420. The van der Waals surface area contributed by atoms with Gasteiger partial charge in [0.05, 0.1) is 11.8 Å². The van der Waals surface area contributed by atoms with E-state index >= 15 is 0 Å². The molecule has 2 fully saturated rings. The molecule has 2 aliphatic carbocycles. The number of nitrogens with zero attached hydrogens (tertiary/aromatic N) is 2. The summed E-state index contributed by atoms with van der Waals surface area (Å²) in [4.78, 5) is 42.7. The Morgan fingerprint density at radius 2 is 1.56 bits per heavy atom. The maximum Gasteiger partial charge on any atom is 0.245 e. The van der Waals surface area contributed by atoms with Gasteiger partial charge >= 0.3 is 0 Å². The van der Waals surface area contributed by atoms with E-state index in [9.17, 15) is 14.4 Å². The molecule has 0 bridgehead atoms. The number of hydrogen-bond acceptors (Lipinski definition) is 3. The van der Waals surface area contributed by atoms with Gasteiger partial charge in [-0.1, -0.05) is 51.7 Å². The van der Waals surface area contributed by atoms with Crippen molar-refractivity contribution >= 4 is 17.7 Å². The third-order valence-corrected chi connectivity index (χ3v) is 6.55. The molecule has 3 unspecified atom stereocenters. The van der Waals surface area contributed by atoms with E-state index in [1.165, 1.54) is 17.7 Å². The Balaban J connectivity index is 1.81. The number of fused-ring (bicyclic) bond motifs is 1.